The number of hydrogen-bond acceptors (Lipinski definition) is 5. The number of benzene rings is 2. The molecule has 2 N–H and O–H groups in total. The summed E-state index contributed by atoms with van der Waals surface area (Å²) in [5.41, 5.74) is 4.53. The number of hydrogen-bond donors (Lipinski definition) is 2. The van der Waals surface area contributed by atoms with Gasteiger partial charge >= 0.3 is 0 Å². The van der Waals surface area contributed by atoms with Crippen LogP contribution < -0.4 is 9.47 Å². The highest BCUT2D eigenvalue weighted by Gasteiger charge is 2.39. The molecule has 0 bridgehead atoms. The largest absolute Gasteiger partial charge is 0.504 e. The highest BCUT2D eigenvalue weighted by atomic mass is 16.5. The van der Waals surface area contributed by atoms with Gasteiger partial charge in [0.1, 0.15) is 0 Å². The molecular weight excluding hydrogens is 526 g/mol. The van der Waals surface area contributed by atoms with Crippen molar-refractivity contribution in [1.29, 1.82) is 0 Å². The number of carbonyl (C=O) groups excluding carboxylic acids is 1. The first kappa shape index (κ1) is 32.0. The highest BCUT2D eigenvalue weighted by Crippen LogP contribution is 2.53. The average Bonchev–Trinajstić information content (AvgIpc) is 2.99. The number of nitrogens with zero attached hydrogens (tertiary/aromatic N) is 1. The molecule has 6 nitrogen and oxygen atoms in total. The van der Waals surface area contributed by atoms with E-state index in [1.54, 1.807) is 19.2 Å². The van der Waals surface area contributed by atoms with Crippen LogP contribution in [-0.2, 0) is 17.6 Å². The number of carbonyl (C=O) groups is 1. The average molecular weight is 580 g/mol. The van der Waals surface area contributed by atoms with Crippen LogP contribution in [0.25, 0.3) is 11.1 Å². The number of phenolic OH excluding ortho intramolecular Hbond substituents is 2. The number of ether oxygens (including phenoxy) is 2. The number of aromatic hydroxyl groups is 2. The molecule has 2 aromatic rings. The quantitative estimate of drug-likeness (QED) is 0.172. The van der Waals surface area contributed by atoms with Gasteiger partial charge in [0.2, 0.25) is 5.91 Å². The minimum absolute atomic E-state index is 0.0637. The van der Waals surface area contributed by atoms with Gasteiger partial charge in [-0.1, -0.05) is 96.8 Å². The molecule has 42 heavy (non-hydrogen) atoms. The molecule has 6 heteroatoms. The summed E-state index contributed by atoms with van der Waals surface area (Å²) in [6.45, 7) is 2.93. The molecule has 0 fully saturated rings. The van der Waals surface area contributed by atoms with Gasteiger partial charge in [0.15, 0.2) is 23.0 Å². The van der Waals surface area contributed by atoms with E-state index >= 15 is 0 Å². The van der Waals surface area contributed by atoms with Gasteiger partial charge in [-0.2, -0.15) is 0 Å². The Balaban J connectivity index is 1.25. The van der Waals surface area contributed by atoms with Crippen molar-refractivity contribution in [3.05, 3.63) is 34.9 Å². The lowest BCUT2D eigenvalue weighted by Gasteiger charge is -2.42. The fourth-order valence-corrected chi connectivity index (χ4v) is 6.97. The fourth-order valence-electron chi connectivity index (χ4n) is 6.97. The maximum atomic E-state index is 13.5. The molecule has 1 amide bonds. The minimum atomic E-state index is -0.162. The molecule has 0 spiro atoms. The lowest BCUT2D eigenvalue weighted by Crippen LogP contribution is -2.42. The maximum Gasteiger partial charge on any atom is 0.223 e. The summed E-state index contributed by atoms with van der Waals surface area (Å²) in [5, 5.41) is 21.7. The van der Waals surface area contributed by atoms with E-state index in [9.17, 15) is 15.0 Å². The highest BCUT2D eigenvalue weighted by molar-refractivity contribution is 5.86. The van der Waals surface area contributed by atoms with Crippen molar-refractivity contribution >= 4 is 5.91 Å². The Morgan fingerprint density at radius 1 is 0.786 bits per heavy atom. The van der Waals surface area contributed by atoms with Crippen molar-refractivity contribution in [2.24, 2.45) is 0 Å². The third kappa shape index (κ3) is 7.73. The second-order valence-corrected chi connectivity index (χ2v) is 12.3. The Labute approximate surface area is 253 Å². The zero-order valence-corrected chi connectivity index (χ0v) is 26.3. The van der Waals surface area contributed by atoms with E-state index in [4.69, 9.17) is 9.47 Å². The molecule has 2 aliphatic rings. The summed E-state index contributed by atoms with van der Waals surface area (Å²) < 4.78 is 10.9. The number of amides is 1. The molecule has 0 saturated carbocycles. The van der Waals surface area contributed by atoms with E-state index in [2.05, 4.69) is 6.92 Å². The van der Waals surface area contributed by atoms with Gasteiger partial charge in [0, 0.05) is 18.5 Å². The van der Waals surface area contributed by atoms with Crippen molar-refractivity contribution < 1.29 is 24.5 Å². The SMILES string of the molecule is CCCCCCCCCCCCCCCCCC(=O)N1CCc2cc(OC)c(O)c3c2C1Cc1cc(O)c(OC)cc1-3. The normalized spacial score (nSPS) is 15.3. The molecule has 0 aromatic heterocycles. The van der Waals surface area contributed by atoms with Crippen LogP contribution in [0, 0.1) is 0 Å². The first-order valence-electron chi connectivity index (χ1n) is 16.6. The molecule has 1 aliphatic carbocycles. The van der Waals surface area contributed by atoms with E-state index < -0.39 is 0 Å². The lowest BCUT2D eigenvalue weighted by atomic mass is 9.76. The van der Waals surface area contributed by atoms with Gasteiger partial charge in [-0.3, -0.25) is 4.79 Å². The summed E-state index contributed by atoms with van der Waals surface area (Å²) in [5.74, 6) is 1.11. The molecule has 2 aromatic carbocycles. The lowest BCUT2D eigenvalue weighted by molar-refractivity contribution is -0.134. The Kier molecular flexibility index (Phi) is 12.3. The van der Waals surface area contributed by atoms with Crippen LogP contribution >= 0.6 is 0 Å². The number of fused-ring (bicyclic) bond motifs is 2. The summed E-state index contributed by atoms with van der Waals surface area (Å²) in [4.78, 5) is 15.5. The van der Waals surface area contributed by atoms with E-state index in [-0.39, 0.29) is 23.4 Å². The van der Waals surface area contributed by atoms with Gasteiger partial charge in [-0.25, -0.2) is 0 Å². The predicted molar refractivity (Wildman–Crippen MR) is 170 cm³/mol. The predicted octanol–water partition coefficient (Wildman–Crippen LogP) is 9.03. The Hall–Kier alpha value is -2.89. The number of methoxy groups -OCH3 is 2. The Bertz CT molecular complexity index is 1180. The number of phenols is 2. The van der Waals surface area contributed by atoms with Gasteiger partial charge in [0.05, 0.1) is 20.3 Å². The molecule has 1 aliphatic heterocycles. The minimum Gasteiger partial charge on any atom is -0.504 e. The van der Waals surface area contributed by atoms with Crippen molar-refractivity contribution in [3.8, 4) is 34.1 Å². The smallest absolute Gasteiger partial charge is 0.223 e. The van der Waals surface area contributed by atoms with Crippen LogP contribution in [0.4, 0.5) is 0 Å². The second kappa shape index (κ2) is 16.1. The third-order valence-corrected chi connectivity index (χ3v) is 9.34. The molecule has 4 rings (SSSR count). The van der Waals surface area contributed by atoms with E-state index in [1.807, 2.05) is 11.0 Å². The molecule has 0 saturated heterocycles. The zero-order chi connectivity index (χ0) is 29.9. The molecular formula is C36H53NO5. The van der Waals surface area contributed by atoms with Crippen molar-refractivity contribution in [3.63, 3.8) is 0 Å². The van der Waals surface area contributed by atoms with Gasteiger partial charge < -0.3 is 24.6 Å². The number of unbranched alkanes of at least 4 members (excludes halogenated alkanes) is 14. The van der Waals surface area contributed by atoms with Gasteiger partial charge in [0.25, 0.3) is 0 Å². The molecule has 1 unspecified atom stereocenters. The van der Waals surface area contributed by atoms with Crippen molar-refractivity contribution in [2.75, 3.05) is 20.8 Å². The van der Waals surface area contributed by atoms with Gasteiger partial charge in [-0.05, 0) is 59.7 Å². The van der Waals surface area contributed by atoms with E-state index in [0.29, 0.717) is 36.4 Å². The van der Waals surface area contributed by atoms with E-state index in [0.717, 1.165) is 41.5 Å². The van der Waals surface area contributed by atoms with Crippen molar-refractivity contribution in [1.82, 2.24) is 4.90 Å². The molecule has 232 valence electrons. The van der Waals surface area contributed by atoms with Crippen LogP contribution in [0.15, 0.2) is 18.2 Å². The van der Waals surface area contributed by atoms with Gasteiger partial charge in [-0.15, -0.1) is 0 Å². The fraction of sp³-hybridized carbons (Fsp3) is 0.639. The maximum absolute atomic E-state index is 13.5. The van der Waals surface area contributed by atoms with Crippen LogP contribution in [0.2, 0.25) is 0 Å². The van der Waals surface area contributed by atoms with Crippen LogP contribution in [0.5, 0.6) is 23.0 Å². The Morgan fingerprint density at radius 2 is 1.36 bits per heavy atom. The molecule has 1 heterocycles. The van der Waals surface area contributed by atoms with Crippen molar-refractivity contribution in [2.45, 2.75) is 129 Å². The summed E-state index contributed by atoms with van der Waals surface area (Å²) in [6.07, 6.45) is 21.5. The summed E-state index contributed by atoms with van der Waals surface area (Å²) in [6, 6.07) is 5.25. The third-order valence-electron chi connectivity index (χ3n) is 9.34. The standard InChI is InChI=1S/C36H53NO5/c1-4-5-6-7-8-9-10-11-12-13-14-15-16-17-18-19-33(39)37-21-20-26-24-32(42-3)36(40)35-28-25-31(41-2)30(38)23-27(28)22-29(37)34(26)35/h23-25,29,38,40H,4-22H2,1-3H3. The first-order valence-corrected chi connectivity index (χ1v) is 16.6. The topological polar surface area (TPSA) is 79.2 Å². The zero-order valence-electron chi connectivity index (χ0n) is 26.3. The van der Waals surface area contributed by atoms with Crippen LogP contribution in [0.1, 0.15) is 132 Å². The van der Waals surface area contributed by atoms with Crippen LogP contribution in [0.3, 0.4) is 0 Å². The van der Waals surface area contributed by atoms with Crippen LogP contribution in [-0.4, -0.2) is 41.8 Å². The second-order valence-electron chi connectivity index (χ2n) is 12.3. The summed E-state index contributed by atoms with van der Waals surface area (Å²) in [7, 11) is 3.08. The monoisotopic (exact) mass is 579 g/mol. The van der Waals surface area contributed by atoms with E-state index in [1.165, 1.54) is 90.6 Å². The first-order chi connectivity index (χ1) is 20.5. The Morgan fingerprint density at radius 3 is 1.93 bits per heavy atom. The summed E-state index contributed by atoms with van der Waals surface area (Å²) >= 11 is 0. The number of rotatable bonds is 18. The molecule has 0 radical (unpaired) electrons. The molecule has 1 atom stereocenters.